The van der Waals surface area contributed by atoms with E-state index < -0.39 is 0 Å². The van der Waals surface area contributed by atoms with Gasteiger partial charge in [0.25, 0.3) is 0 Å². The van der Waals surface area contributed by atoms with Gasteiger partial charge in [-0.3, -0.25) is 0 Å². The summed E-state index contributed by atoms with van der Waals surface area (Å²) in [5, 5.41) is 20.6. The predicted octanol–water partition coefficient (Wildman–Crippen LogP) is 3.43. The van der Waals surface area contributed by atoms with Crippen molar-refractivity contribution in [3.63, 3.8) is 0 Å². The number of phenols is 2. The smallest absolute Gasteiger partial charge is 0.122 e. The molecule has 0 spiro atoms. The van der Waals surface area contributed by atoms with Crippen LogP contribution in [0.2, 0.25) is 0 Å². The highest BCUT2D eigenvalue weighted by Crippen LogP contribution is 2.29. The van der Waals surface area contributed by atoms with Crippen LogP contribution in [-0.2, 0) is 19.5 Å². The molecule has 4 nitrogen and oxygen atoms in total. The van der Waals surface area contributed by atoms with Crippen LogP contribution >= 0.6 is 0 Å². The fraction of sp³-hybridized carbons (Fsp3) is 0.429. The maximum atomic E-state index is 10.3. The Kier molecular flexibility index (Phi) is 6.09. The predicted molar refractivity (Wildman–Crippen MR) is 103 cm³/mol. The number of hydrogen-bond donors (Lipinski definition) is 2. The summed E-state index contributed by atoms with van der Waals surface area (Å²) in [7, 11) is 7.99. The van der Waals surface area contributed by atoms with Gasteiger partial charge in [0.1, 0.15) is 11.5 Å². The van der Waals surface area contributed by atoms with Gasteiger partial charge < -0.3 is 20.0 Å². The zero-order valence-electron chi connectivity index (χ0n) is 16.2. The van der Waals surface area contributed by atoms with Crippen molar-refractivity contribution in [3.8, 4) is 11.5 Å². The van der Waals surface area contributed by atoms with Crippen LogP contribution in [0.1, 0.15) is 33.4 Å². The number of nitrogens with zero attached hydrogens (tertiary/aromatic N) is 2. The number of rotatable bonds is 6. The lowest BCUT2D eigenvalue weighted by Crippen LogP contribution is -2.12. The van der Waals surface area contributed by atoms with Crippen molar-refractivity contribution in [1.29, 1.82) is 0 Å². The van der Waals surface area contributed by atoms with Crippen molar-refractivity contribution in [2.45, 2.75) is 33.4 Å². The van der Waals surface area contributed by atoms with Crippen molar-refractivity contribution in [2.24, 2.45) is 0 Å². The molecule has 2 aromatic carbocycles. The Morgan fingerprint density at radius 1 is 0.680 bits per heavy atom. The summed E-state index contributed by atoms with van der Waals surface area (Å²) in [6.07, 6.45) is 0.781. The van der Waals surface area contributed by atoms with Gasteiger partial charge in [0, 0.05) is 24.2 Å². The van der Waals surface area contributed by atoms with Crippen LogP contribution < -0.4 is 0 Å². The first-order valence-electron chi connectivity index (χ1n) is 8.59. The molecule has 0 aliphatic rings. The Hall–Kier alpha value is -2.04. The van der Waals surface area contributed by atoms with Gasteiger partial charge in [0.2, 0.25) is 0 Å². The molecule has 0 heterocycles. The van der Waals surface area contributed by atoms with Crippen LogP contribution in [0.25, 0.3) is 0 Å². The van der Waals surface area contributed by atoms with Crippen LogP contribution in [0.3, 0.4) is 0 Å². The average molecular weight is 342 g/mol. The van der Waals surface area contributed by atoms with E-state index in [1.165, 1.54) is 11.1 Å². The molecular formula is C21H30N2O2. The molecule has 2 aromatic rings. The van der Waals surface area contributed by atoms with E-state index in [2.05, 4.69) is 21.9 Å². The molecule has 0 atom stereocenters. The normalized spacial score (nSPS) is 11.5. The van der Waals surface area contributed by atoms with E-state index in [-0.39, 0.29) is 0 Å². The highest BCUT2D eigenvalue weighted by atomic mass is 16.3. The molecule has 0 aliphatic carbocycles. The monoisotopic (exact) mass is 342 g/mol. The summed E-state index contributed by atoms with van der Waals surface area (Å²) < 4.78 is 0. The molecule has 0 radical (unpaired) electrons. The quantitative estimate of drug-likeness (QED) is 0.844. The van der Waals surface area contributed by atoms with Gasteiger partial charge in [-0.1, -0.05) is 24.3 Å². The molecule has 0 aromatic heterocycles. The number of benzene rings is 2. The molecule has 136 valence electrons. The van der Waals surface area contributed by atoms with Gasteiger partial charge in [-0.2, -0.15) is 0 Å². The van der Waals surface area contributed by atoms with Gasteiger partial charge in [-0.15, -0.1) is 0 Å². The maximum Gasteiger partial charge on any atom is 0.122 e. The summed E-state index contributed by atoms with van der Waals surface area (Å²) in [5.41, 5.74) is 6.05. The minimum Gasteiger partial charge on any atom is -0.507 e. The molecule has 2 rings (SSSR count). The van der Waals surface area contributed by atoms with Crippen molar-refractivity contribution >= 4 is 0 Å². The van der Waals surface area contributed by atoms with Gasteiger partial charge in [0.15, 0.2) is 0 Å². The first-order valence-corrected chi connectivity index (χ1v) is 8.59. The Morgan fingerprint density at radius 2 is 1.04 bits per heavy atom. The first-order chi connectivity index (χ1) is 11.7. The third kappa shape index (κ3) is 4.97. The molecule has 0 unspecified atom stereocenters. The Bertz CT molecular complexity index is 689. The third-order valence-corrected chi connectivity index (χ3v) is 4.26. The Labute approximate surface area is 151 Å². The summed E-state index contributed by atoms with van der Waals surface area (Å²) >= 11 is 0. The zero-order chi connectivity index (χ0) is 18.7. The summed E-state index contributed by atoms with van der Waals surface area (Å²) in [4.78, 5) is 4.11. The van der Waals surface area contributed by atoms with Crippen molar-refractivity contribution in [2.75, 3.05) is 28.2 Å². The molecule has 0 saturated carbocycles. The maximum absolute atomic E-state index is 10.3. The van der Waals surface area contributed by atoms with Crippen LogP contribution in [0, 0.1) is 13.8 Å². The lowest BCUT2D eigenvalue weighted by Gasteiger charge is -2.17. The molecule has 4 heteroatoms. The van der Waals surface area contributed by atoms with Crippen LogP contribution in [-0.4, -0.2) is 48.2 Å². The SMILES string of the molecule is Cc1cc(Cc2cc(C)c(O)c(CN(C)C)c2)cc(CN(C)C)c1O. The second kappa shape index (κ2) is 7.89. The number of aryl methyl sites for hydroxylation is 2. The highest BCUT2D eigenvalue weighted by Gasteiger charge is 2.12. The zero-order valence-corrected chi connectivity index (χ0v) is 16.2. The number of aromatic hydroxyl groups is 2. The van der Waals surface area contributed by atoms with E-state index >= 15 is 0 Å². The summed E-state index contributed by atoms with van der Waals surface area (Å²) in [6.45, 7) is 5.30. The second-order valence-electron chi connectivity index (χ2n) is 7.49. The molecule has 2 N–H and O–H groups in total. The molecule has 0 bridgehead atoms. The minimum absolute atomic E-state index is 0.382. The van der Waals surface area contributed by atoms with Gasteiger partial charge >= 0.3 is 0 Å². The van der Waals surface area contributed by atoms with Gasteiger partial charge in [0.05, 0.1) is 0 Å². The fourth-order valence-corrected chi connectivity index (χ4v) is 3.23. The second-order valence-corrected chi connectivity index (χ2v) is 7.49. The van der Waals surface area contributed by atoms with E-state index in [1.54, 1.807) is 0 Å². The number of hydrogen-bond acceptors (Lipinski definition) is 4. The Balaban J connectivity index is 2.36. The van der Waals surface area contributed by atoms with E-state index in [0.717, 1.165) is 28.7 Å². The largest absolute Gasteiger partial charge is 0.507 e. The first kappa shape index (κ1) is 19.3. The molecule has 25 heavy (non-hydrogen) atoms. The topological polar surface area (TPSA) is 46.9 Å². The lowest BCUT2D eigenvalue weighted by molar-refractivity contribution is 0.384. The molecular weight excluding hydrogens is 312 g/mol. The van der Waals surface area contributed by atoms with Crippen LogP contribution in [0.15, 0.2) is 24.3 Å². The molecule has 0 amide bonds. The molecule has 0 fully saturated rings. The van der Waals surface area contributed by atoms with E-state index in [9.17, 15) is 10.2 Å². The fourth-order valence-electron chi connectivity index (χ4n) is 3.23. The van der Waals surface area contributed by atoms with Crippen molar-refractivity contribution in [3.05, 3.63) is 57.6 Å². The Morgan fingerprint density at radius 3 is 1.36 bits per heavy atom. The highest BCUT2D eigenvalue weighted by molar-refractivity contribution is 5.47. The van der Waals surface area contributed by atoms with E-state index in [0.29, 0.717) is 24.6 Å². The van der Waals surface area contributed by atoms with E-state index in [4.69, 9.17) is 0 Å². The number of phenolic OH excluding ortho intramolecular Hbond substituents is 2. The van der Waals surface area contributed by atoms with Gasteiger partial charge in [-0.25, -0.2) is 0 Å². The third-order valence-electron chi connectivity index (χ3n) is 4.26. The van der Waals surface area contributed by atoms with Crippen LogP contribution in [0.4, 0.5) is 0 Å². The summed E-state index contributed by atoms with van der Waals surface area (Å²) in [5.74, 6) is 0.764. The van der Waals surface area contributed by atoms with E-state index in [1.807, 2.05) is 54.2 Å². The lowest BCUT2D eigenvalue weighted by atomic mass is 9.96. The molecule has 0 aliphatic heterocycles. The van der Waals surface area contributed by atoms with Gasteiger partial charge in [-0.05, 0) is 70.7 Å². The summed E-state index contributed by atoms with van der Waals surface area (Å²) in [6, 6.07) is 8.25. The standard InChI is InChI=1S/C21H30N2O2/c1-14-7-16(10-18(20(14)24)12-22(3)4)9-17-8-15(2)21(25)19(11-17)13-23(5)6/h7-8,10-11,24-25H,9,12-13H2,1-6H3. The van der Waals surface area contributed by atoms with Crippen molar-refractivity contribution < 1.29 is 10.2 Å². The van der Waals surface area contributed by atoms with Crippen LogP contribution in [0.5, 0.6) is 11.5 Å². The average Bonchev–Trinajstić information content (AvgIpc) is 2.48. The minimum atomic E-state index is 0.382. The van der Waals surface area contributed by atoms with Crippen molar-refractivity contribution in [1.82, 2.24) is 9.80 Å². The molecule has 0 saturated heterocycles.